The number of fused-ring (bicyclic) bond motifs is 1. The zero-order valence-electron chi connectivity index (χ0n) is 15.2. The number of amides is 2. The van der Waals surface area contributed by atoms with E-state index in [4.69, 9.17) is 4.98 Å². The Labute approximate surface area is 170 Å². The first-order valence-electron chi connectivity index (χ1n) is 9.46. The second kappa shape index (κ2) is 7.27. The molecule has 2 amide bonds. The van der Waals surface area contributed by atoms with Crippen molar-refractivity contribution in [2.45, 2.75) is 24.8 Å². The zero-order chi connectivity index (χ0) is 19.1. The first-order valence-corrected chi connectivity index (χ1v) is 11.1. The Balaban J connectivity index is 1.19. The summed E-state index contributed by atoms with van der Waals surface area (Å²) in [6.45, 7) is 2.28. The molecule has 1 atom stereocenters. The maximum absolute atomic E-state index is 12.7. The summed E-state index contributed by atoms with van der Waals surface area (Å²) in [5.41, 5.74) is 1.03. The normalized spacial score (nSPS) is 19.7. The predicted octanol–water partition coefficient (Wildman–Crippen LogP) is 3.29. The Kier molecular flexibility index (Phi) is 4.62. The molecule has 1 aromatic carbocycles. The SMILES string of the molecule is O=C(Nc1ccc(C(=O)N2CC(c3nc4ccccc4s3)C2)s1)[C@@H]1CCCN1. The van der Waals surface area contributed by atoms with E-state index in [9.17, 15) is 9.59 Å². The lowest BCUT2D eigenvalue weighted by atomic mass is 10.0. The van der Waals surface area contributed by atoms with Crippen molar-refractivity contribution in [2.75, 3.05) is 25.0 Å². The third-order valence-corrected chi connectivity index (χ3v) is 7.46. The quantitative estimate of drug-likeness (QED) is 0.690. The van der Waals surface area contributed by atoms with Gasteiger partial charge in [-0.3, -0.25) is 9.59 Å². The maximum atomic E-state index is 12.7. The minimum Gasteiger partial charge on any atom is -0.336 e. The fourth-order valence-corrected chi connectivity index (χ4v) is 5.58. The van der Waals surface area contributed by atoms with E-state index in [-0.39, 0.29) is 17.9 Å². The van der Waals surface area contributed by atoms with E-state index in [1.807, 2.05) is 29.2 Å². The van der Waals surface area contributed by atoms with Gasteiger partial charge in [0.15, 0.2) is 0 Å². The molecule has 2 aliphatic rings. The molecule has 0 spiro atoms. The number of carbonyl (C=O) groups is 2. The minimum atomic E-state index is -0.119. The molecule has 0 bridgehead atoms. The summed E-state index contributed by atoms with van der Waals surface area (Å²) >= 11 is 3.06. The summed E-state index contributed by atoms with van der Waals surface area (Å²) in [6, 6.07) is 11.6. The number of likely N-dealkylation sites (tertiary alicyclic amines) is 1. The van der Waals surface area contributed by atoms with E-state index < -0.39 is 0 Å². The van der Waals surface area contributed by atoms with Crippen LogP contribution in [0.3, 0.4) is 0 Å². The molecule has 8 heteroatoms. The minimum absolute atomic E-state index is 0.0156. The number of benzene rings is 1. The van der Waals surface area contributed by atoms with Crippen LogP contribution in [0.4, 0.5) is 5.00 Å². The molecule has 6 nitrogen and oxygen atoms in total. The van der Waals surface area contributed by atoms with Crippen LogP contribution in [-0.2, 0) is 4.79 Å². The number of para-hydroxylation sites is 1. The molecular weight excluding hydrogens is 392 g/mol. The van der Waals surface area contributed by atoms with E-state index in [0.29, 0.717) is 23.9 Å². The molecule has 2 aromatic heterocycles. The largest absolute Gasteiger partial charge is 0.336 e. The van der Waals surface area contributed by atoms with Gasteiger partial charge < -0.3 is 15.5 Å². The van der Waals surface area contributed by atoms with Crippen molar-refractivity contribution in [3.63, 3.8) is 0 Å². The van der Waals surface area contributed by atoms with E-state index in [1.165, 1.54) is 16.0 Å². The summed E-state index contributed by atoms with van der Waals surface area (Å²) in [5.74, 6) is 0.328. The van der Waals surface area contributed by atoms with Gasteiger partial charge in [0.05, 0.1) is 26.1 Å². The fourth-order valence-electron chi connectivity index (χ4n) is 3.66. The van der Waals surface area contributed by atoms with Gasteiger partial charge in [0.25, 0.3) is 5.91 Å². The Morgan fingerprint density at radius 1 is 1.14 bits per heavy atom. The summed E-state index contributed by atoms with van der Waals surface area (Å²) in [6.07, 6.45) is 1.89. The summed E-state index contributed by atoms with van der Waals surface area (Å²) in [5, 5.41) is 7.94. The van der Waals surface area contributed by atoms with Gasteiger partial charge in [-0.05, 0) is 43.7 Å². The zero-order valence-corrected chi connectivity index (χ0v) is 16.8. The number of nitrogens with one attached hydrogen (secondary N) is 2. The summed E-state index contributed by atoms with van der Waals surface area (Å²) in [4.78, 5) is 32.1. The molecule has 0 aliphatic carbocycles. The standard InChI is InChI=1S/C20H20N4O2S2/c25-18(14-5-3-9-21-14)23-17-8-7-16(27-17)20(26)24-10-12(11-24)19-22-13-4-1-2-6-15(13)28-19/h1-2,4,6-8,12,14,21H,3,5,9-11H2,(H,23,25)/t14-/m0/s1. The van der Waals surface area contributed by atoms with E-state index in [1.54, 1.807) is 17.4 Å². The number of anilines is 1. The van der Waals surface area contributed by atoms with Gasteiger partial charge in [-0.15, -0.1) is 22.7 Å². The molecule has 0 radical (unpaired) electrons. The number of carbonyl (C=O) groups excluding carboxylic acids is 2. The monoisotopic (exact) mass is 412 g/mol. The van der Waals surface area contributed by atoms with Crippen LogP contribution in [0.5, 0.6) is 0 Å². The third-order valence-electron chi connectivity index (χ3n) is 5.27. The van der Waals surface area contributed by atoms with Crippen LogP contribution >= 0.6 is 22.7 Å². The molecular formula is C20H20N4O2S2. The fraction of sp³-hybridized carbons (Fsp3) is 0.350. The lowest BCUT2D eigenvalue weighted by Crippen LogP contribution is -2.48. The number of hydrogen-bond acceptors (Lipinski definition) is 6. The van der Waals surface area contributed by atoms with Gasteiger partial charge in [-0.25, -0.2) is 4.98 Å². The number of aromatic nitrogens is 1. The van der Waals surface area contributed by atoms with Gasteiger partial charge in [0.1, 0.15) is 5.01 Å². The first-order chi connectivity index (χ1) is 13.7. The molecule has 2 saturated heterocycles. The van der Waals surface area contributed by atoms with Crippen molar-refractivity contribution in [2.24, 2.45) is 0 Å². The molecule has 0 unspecified atom stereocenters. The van der Waals surface area contributed by atoms with Gasteiger partial charge in [0, 0.05) is 19.0 Å². The highest BCUT2D eigenvalue weighted by atomic mass is 32.1. The van der Waals surface area contributed by atoms with Crippen molar-refractivity contribution in [3.05, 3.63) is 46.3 Å². The van der Waals surface area contributed by atoms with Crippen molar-refractivity contribution in [1.29, 1.82) is 0 Å². The van der Waals surface area contributed by atoms with Crippen LogP contribution in [0.1, 0.15) is 33.4 Å². The van der Waals surface area contributed by atoms with Crippen molar-refractivity contribution >= 4 is 49.7 Å². The molecule has 144 valence electrons. The van der Waals surface area contributed by atoms with Crippen molar-refractivity contribution in [3.8, 4) is 0 Å². The number of hydrogen-bond donors (Lipinski definition) is 2. The average Bonchev–Trinajstić information content (AvgIpc) is 3.40. The second-order valence-corrected chi connectivity index (χ2v) is 9.37. The summed E-state index contributed by atoms with van der Waals surface area (Å²) in [7, 11) is 0. The Morgan fingerprint density at radius 2 is 2.00 bits per heavy atom. The molecule has 2 fully saturated rings. The molecule has 2 N–H and O–H groups in total. The van der Waals surface area contributed by atoms with Gasteiger partial charge in [0.2, 0.25) is 5.91 Å². The van der Waals surface area contributed by atoms with Crippen LogP contribution in [0, 0.1) is 0 Å². The Morgan fingerprint density at radius 3 is 2.79 bits per heavy atom. The molecule has 0 saturated carbocycles. The highest BCUT2D eigenvalue weighted by Gasteiger charge is 2.35. The van der Waals surface area contributed by atoms with E-state index in [2.05, 4.69) is 16.7 Å². The molecule has 4 heterocycles. The van der Waals surface area contributed by atoms with E-state index >= 15 is 0 Å². The van der Waals surface area contributed by atoms with Crippen LogP contribution in [0.2, 0.25) is 0 Å². The van der Waals surface area contributed by atoms with Crippen molar-refractivity contribution in [1.82, 2.24) is 15.2 Å². The third kappa shape index (κ3) is 3.32. The first kappa shape index (κ1) is 17.8. The number of thiophene rings is 1. The second-order valence-electron chi connectivity index (χ2n) is 7.23. The maximum Gasteiger partial charge on any atom is 0.264 e. The van der Waals surface area contributed by atoms with Gasteiger partial charge in [-0.2, -0.15) is 0 Å². The van der Waals surface area contributed by atoms with Crippen LogP contribution < -0.4 is 10.6 Å². The lowest BCUT2D eigenvalue weighted by Gasteiger charge is -2.37. The van der Waals surface area contributed by atoms with E-state index in [0.717, 1.165) is 34.9 Å². The Bertz CT molecular complexity index is 999. The number of thiazole rings is 1. The van der Waals surface area contributed by atoms with Gasteiger partial charge in [-0.1, -0.05) is 12.1 Å². The highest BCUT2D eigenvalue weighted by Crippen LogP contribution is 2.35. The molecule has 3 aromatic rings. The Hall–Kier alpha value is -2.29. The molecule has 2 aliphatic heterocycles. The predicted molar refractivity (Wildman–Crippen MR) is 112 cm³/mol. The van der Waals surface area contributed by atoms with Gasteiger partial charge >= 0.3 is 0 Å². The lowest BCUT2D eigenvalue weighted by molar-refractivity contribution is -0.117. The highest BCUT2D eigenvalue weighted by molar-refractivity contribution is 7.18. The molecule has 28 heavy (non-hydrogen) atoms. The number of nitrogens with zero attached hydrogens (tertiary/aromatic N) is 2. The number of rotatable bonds is 4. The average molecular weight is 413 g/mol. The topological polar surface area (TPSA) is 74.3 Å². The van der Waals surface area contributed by atoms with Crippen LogP contribution in [-0.4, -0.2) is 47.4 Å². The summed E-state index contributed by atoms with van der Waals surface area (Å²) < 4.78 is 1.19. The molecule has 5 rings (SSSR count). The van der Waals surface area contributed by atoms with Crippen LogP contribution in [0.25, 0.3) is 10.2 Å². The van der Waals surface area contributed by atoms with Crippen LogP contribution in [0.15, 0.2) is 36.4 Å². The van der Waals surface area contributed by atoms with Crippen molar-refractivity contribution < 1.29 is 9.59 Å². The smallest absolute Gasteiger partial charge is 0.264 e.